The first-order chi connectivity index (χ1) is 16.1. The maximum atomic E-state index is 11.9. The first-order valence-electron chi connectivity index (χ1n) is 10.3. The van der Waals surface area contributed by atoms with Crippen molar-refractivity contribution in [3.63, 3.8) is 0 Å². The Kier molecular flexibility index (Phi) is 8.89. The van der Waals surface area contributed by atoms with Gasteiger partial charge in [-0.1, -0.05) is 17.7 Å². The maximum Gasteiger partial charge on any atom is 0.328 e. The number of rotatable bonds is 6. The Bertz CT molecular complexity index is 1290. The fourth-order valence-corrected chi connectivity index (χ4v) is 3.08. The van der Waals surface area contributed by atoms with Gasteiger partial charge in [0.15, 0.2) is 16.9 Å². The molecule has 34 heavy (non-hydrogen) atoms. The lowest BCUT2D eigenvalue weighted by molar-refractivity contribution is -0.131. The van der Waals surface area contributed by atoms with E-state index in [4.69, 9.17) is 19.0 Å². The van der Waals surface area contributed by atoms with Gasteiger partial charge in [0.2, 0.25) is 0 Å². The van der Waals surface area contributed by atoms with E-state index in [1.165, 1.54) is 25.3 Å². The van der Waals surface area contributed by atoms with E-state index < -0.39 is 5.97 Å². The lowest BCUT2D eigenvalue weighted by Crippen LogP contribution is -2.02. The van der Waals surface area contributed by atoms with E-state index in [2.05, 4.69) is 0 Å². The number of carbonyl (C=O) groups is 1. The van der Waals surface area contributed by atoms with Gasteiger partial charge in [0, 0.05) is 23.8 Å². The Balaban J connectivity index is 0.000000248. The van der Waals surface area contributed by atoms with Gasteiger partial charge in [-0.3, -0.25) is 4.79 Å². The number of ether oxygens (including phenoxy) is 2. The largest absolute Gasteiger partial charge is 0.507 e. The van der Waals surface area contributed by atoms with Crippen LogP contribution in [0.4, 0.5) is 0 Å². The van der Waals surface area contributed by atoms with Crippen LogP contribution in [0.1, 0.15) is 30.7 Å². The van der Waals surface area contributed by atoms with Crippen molar-refractivity contribution < 1.29 is 34.0 Å². The molecule has 8 nitrogen and oxygen atoms in total. The molecule has 0 aliphatic rings. The van der Waals surface area contributed by atoms with Crippen LogP contribution in [0.2, 0.25) is 0 Å². The molecule has 0 fully saturated rings. The Morgan fingerprint density at radius 3 is 2.32 bits per heavy atom. The molecule has 3 rings (SSSR count). The molecule has 0 saturated heterocycles. The molecule has 1 aromatic heterocycles. The number of aliphatic carboxylic acids is 1. The van der Waals surface area contributed by atoms with Crippen molar-refractivity contribution in [2.75, 3.05) is 14.2 Å². The van der Waals surface area contributed by atoms with Crippen LogP contribution in [0, 0.1) is 6.92 Å². The van der Waals surface area contributed by atoms with E-state index in [-0.39, 0.29) is 27.9 Å². The summed E-state index contributed by atoms with van der Waals surface area (Å²) >= 11 is 0. The molecule has 0 atom stereocenters. The van der Waals surface area contributed by atoms with Crippen molar-refractivity contribution in [3.05, 3.63) is 75.2 Å². The Morgan fingerprint density at radius 1 is 1.06 bits per heavy atom. The van der Waals surface area contributed by atoms with E-state index in [0.717, 1.165) is 17.2 Å². The van der Waals surface area contributed by atoms with E-state index in [9.17, 15) is 19.8 Å². The number of hydrogen-bond acceptors (Lipinski definition) is 7. The normalized spacial score (nSPS) is 10.5. The van der Waals surface area contributed by atoms with Crippen molar-refractivity contribution in [1.82, 2.24) is 0 Å². The number of benzene rings is 2. The Labute approximate surface area is 197 Å². The standard InChI is InChI=1S/C15H16O4.C11H12O4/c1-8(2)4-5-10-11(16)7-13-14(15(10)18)12(17)6-9(3)19-13;1-14-9-5-3-8(4-6-11(12)13)7-10(9)15-2/h4,6-7,16,18H,5H2,1-3H3;3-7H,1-2H3,(H,12,13). The monoisotopic (exact) mass is 468 g/mol. The molecule has 0 unspecified atom stereocenters. The Hall–Kier alpha value is -4.20. The highest BCUT2D eigenvalue weighted by molar-refractivity contribution is 5.87. The number of aromatic hydroxyl groups is 2. The second-order valence-electron chi connectivity index (χ2n) is 7.59. The number of phenols is 2. The van der Waals surface area contributed by atoms with E-state index in [0.29, 0.717) is 29.2 Å². The predicted molar refractivity (Wildman–Crippen MR) is 130 cm³/mol. The van der Waals surface area contributed by atoms with Crippen LogP contribution in [-0.4, -0.2) is 35.5 Å². The number of aryl methyl sites for hydroxylation is 1. The van der Waals surface area contributed by atoms with Gasteiger partial charge >= 0.3 is 5.97 Å². The second kappa shape index (κ2) is 11.6. The summed E-state index contributed by atoms with van der Waals surface area (Å²) in [6.07, 6.45) is 4.80. The molecule has 3 aromatic rings. The number of fused-ring (bicyclic) bond motifs is 1. The summed E-state index contributed by atoms with van der Waals surface area (Å²) in [5.41, 5.74) is 2.03. The molecule has 2 aromatic carbocycles. The van der Waals surface area contributed by atoms with Gasteiger partial charge in [0.05, 0.1) is 14.2 Å². The molecule has 0 spiro atoms. The summed E-state index contributed by atoms with van der Waals surface area (Å²) in [4.78, 5) is 22.2. The van der Waals surface area contributed by atoms with Crippen molar-refractivity contribution in [2.45, 2.75) is 27.2 Å². The second-order valence-corrected chi connectivity index (χ2v) is 7.59. The predicted octanol–water partition coefficient (Wildman–Crippen LogP) is 4.82. The van der Waals surface area contributed by atoms with Gasteiger partial charge in [0.25, 0.3) is 0 Å². The average Bonchev–Trinajstić information content (AvgIpc) is 2.76. The zero-order valence-corrected chi connectivity index (χ0v) is 19.7. The SMILES string of the molecule is CC(C)=CCc1c(O)cc2oc(C)cc(=O)c2c1O.COc1ccc(C=CC(=O)O)cc1OC. The molecule has 1 heterocycles. The van der Waals surface area contributed by atoms with Crippen molar-refractivity contribution in [1.29, 1.82) is 0 Å². The summed E-state index contributed by atoms with van der Waals surface area (Å²) in [7, 11) is 3.08. The van der Waals surface area contributed by atoms with Crippen LogP contribution in [0.15, 0.2) is 57.3 Å². The molecule has 0 saturated carbocycles. The molecule has 0 aliphatic heterocycles. The zero-order valence-electron chi connectivity index (χ0n) is 19.7. The van der Waals surface area contributed by atoms with Gasteiger partial charge in [0.1, 0.15) is 28.2 Å². The zero-order chi connectivity index (χ0) is 25.4. The number of phenolic OH excluding ortho intramolecular Hbond substituents is 2. The van der Waals surface area contributed by atoms with Crippen LogP contribution in [0.25, 0.3) is 17.0 Å². The van der Waals surface area contributed by atoms with E-state index in [1.54, 1.807) is 32.2 Å². The first kappa shape index (κ1) is 26.1. The fourth-order valence-electron chi connectivity index (χ4n) is 3.08. The lowest BCUT2D eigenvalue weighted by Gasteiger charge is -2.08. The first-order valence-corrected chi connectivity index (χ1v) is 10.3. The van der Waals surface area contributed by atoms with Gasteiger partial charge in [-0.25, -0.2) is 4.79 Å². The number of allylic oxidation sites excluding steroid dienone is 2. The maximum absolute atomic E-state index is 11.9. The van der Waals surface area contributed by atoms with Gasteiger partial charge in [-0.2, -0.15) is 0 Å². The summed E-state index contributed by atoms with van der Waals surface area (Å²) < 4.78 is 15.5. The highest BCUT2D eigenvalue weighted by atomic mass is 16.5. The summed E-state index contributed by atoms with van der Waals surface area (Å²) in [5.74, 6) is 0.366. The number of methoxy groups -OCH3 is 2. The molecule has 0 bridgehead atoms. The number of carboxylic acid groups (broad SMARTS) is 1. The number of carboxylic acids is 1. The summed E-state index contributed by atoms with van der Waals surface area (Å²) in [6, 6.07) is 7.88. The number of hydrogen-bond donors (Lipinski definition) is 3. The third-order valence-electron chi connectivity index (χ3n) is 4.74. The molecular weight excluding hydrogens is 440 g/mol. The van der Waals surface area contributed by atoms with Crippen molar-refractivity contribution >= 4 is 23.0 Å². The van der Waals surface area contributed by atoms with Crippen molar-refractivity contribution in [3.8, 4) is 23.0 Å². The van der Waals surface area contributed by atoms with E-state index >= 15 is 0 Å². The molecule has 0 amide bonds. The van der Waals surface area contributed by atoms with Gasteiger partial charge in [-0.05, 0) is 51.0 Å². The Morgan fingerprint density at radius 2 is 1.74 bits per heavy atom. The van der Waals surface area contributed by atoms with Gasteiger partial charge < -0.3 is 29.2 Å². The third kappa shape index (κ3) is 6.65. The molecule has 0 radical (unpaired) electrons. The average molecular weight is 469 g/mol. The third-order valence-corrected chi connectivity index (χ3v) is 4.74. The smallest absolute Gasteiger partial charge is 0.328 e. The topological polar surface area (TPSA) is 126 Å². The highest BCUT2D eigenvalue weighted by Crippen LogP contribution is 2.35. The minimum Gasteiger partial charge on any atom is -0.507 e. The molecule has 8 heteroatoms. The minimum absolute atomic E-state index is 0.0729. The fraction of sp³-hybridized carbons (Fsp3) is 0.231. The molecule has 180 valence electrons. The van der Waals surface area contributed by atoms with Crippen LogP contribution < -0.4 is 14.9 Å². The van der Waals surface area contributed by atoms with Crippen LogP contribution in [0.3, 0.4) is 0 Å². The molecule has 3 N–H and O–H groups in total. The highest BCUT2D eigenvalue weighted by Gasteiger charge is 2.16. The lowest BCUT2D eigenvalue weighted by atomic mass is 10.0. The summed E-state index contributed by atoms with van der Waals surface area (Å²) in [6.45, 7) is 5.49. The van der Waals surface area contributed by atoms with Crippen molar-refractivity contribution in [2.24, 2.45) is 0 Å². The van der Waals surface area contributed by atoms with Crippen LogP contribution >= 0.6 is 0 Å². The van der Waals surface area contributed by atoms with Gasteiger partial charge in [-0.15, -0.1) is 0 Å². The molecular formula is C26H28O8. The van der Waals surface area contributed by atoms with Crippen LogP contribution in [-0.2, 0) is 11.2 Å². The quantitative estimate of drug-likeness (QED) is 0.347. The van der Waals surface area contributed by atoms with E-state index in [1.807, 2.05) is 19.9 Å². The van der Waals surface area contributed by atoms with Crippen LogP contribution in [0.5, 0.6) is 23.0 Å². The summed E-state index contributed by atoms with van der Waals surface area (Å²) in [5, 5.41) is 28.7. The minimum atomic E-state index is -0.982. The molecule has 0 aliphatic carbocycles.